The summed E-state index contributed by atoms with van der Waals surface area (Å²) in [5, 5.41) is 9.22. The largest absolute Gasteiger partial charge is 0.490 e. The number of nitrogens with zero attached hydrogens (tertiary/aromatic N) is 1. The van der Waals surface area contributed by atoms with Crippen molar-refractivity contribution in [2.24, 2.45) is 0 Å². The summed E-state index contributed by atoms with van der Waals surface area (Å²) in [6, 6.07) is 6.69. The van der Waals surface area contributed by atoms with Gasteiger partial charge >= 0.3 is 0 Å². The molecule has 1 aromatic carbocycles. The molecule has 30 heavy (non-hydrogen) atoms. The molecule has 1 amide bonds. The lowest BCUT2D eigenvalue weighted by Gasteiger charge is -2.17. The Hall–Kier alpha value is -3.39. The van der Waals surface area contributed by atoms with Crippen LogP contribution in [-0.2, 0) is 6.42 Å². The molecule has 0 saturated heterocycles. The minimum Gasteiger partial charge on any atom is -0.490 e. The smallest absolute Gasteiger partial charge is 0.255 e. The quantitative estimate of drug-likeness (QED) is 0.450. The van der Waals surface area contributed by atoms with Gasteiger partial charge < -0.3 is 25.7 Å². The molecule has 0 fully saturated rings. The van der Waals surface area contributed by atoms with Gasteiger partial charge in [0, 0.05) is 48.2 Å². The van der Waals surface area contributed by atoms with Crippen LogP contribution in [0, 0.1) is 12.7 Å². The van der Waals surface area contributed by atoms with Crippen molar-refractivity contribution in [2.45, 2.75) is 13.3 Å². The third kappa shape index (κ3) is 3.73. The van der Waals surface area contributed by atoms with Gasteiger partial charge in [-0.2, -0.15) is 0 Å². The van der Waals surface area contributed by atoms with Crippen LogP contribution >= 0.6 is 0 Å². The summed E-state index contributed by atoms with van der Waals surface area (Å²) in [4.78, 5) is 20.3. The summed E-state index contributed by atoms with van der Waals surface area (Å²) < 4.78 is 20.0. The van der Waals surface area contributed by atoms with E-state index in [4.69, 9.17) is 4.74 Å². The van der Waals surface area contributed by atoms with Gasteiger partial charge in [0.2, 0.25) is 0 Å². The molecule has 7 nitrogen and oxygen atoms in total. The Morgan fingerprint density at radius 3 is 3.00 bits per heavy atom. The molecule has 8 heteroatoms. The van der Waals surface area contributed by atoms with E-state index >= 15 is 0 Å². The van der Waals surface area contributed by atoms with E-state index < -0.39 is 0 Å². The SMILES string of the molecule is CNCCOc1cnccc1-c1[nH]c2c(c1Nc1cccc(F)c1C)C(=O)NCC2. The molecule has 0 aliphatic carbocycles. The number of ether oxygens (including phenoxy) is 1. The predicted molar refractivity (Wildman–Crippen MR) is 114 cm³/mol. The Bertz CT molecular complexity index is 1080. The highest BCUT2D eigenvalue weighted by Crippen LogP contribution is 2.40. The average molecular weight is 409 g/mol. The summed E-state index contributed by atoms with van der Waals surface area (Å²) in [6.07, 6.45) is 4.01. The number of aromatic amines is 1. The van der Waals surface area contributed by atoms with Crippen molar-refractivity contribution in [1.29, 1.82) is 0 Å². The molecule has 0 bridgehead atoms. The second-order valence-corrected chi connectivity index (χ2v) is 7.10. The van der Waals surface area contributed by atoms with Gasteiger partial charge in [-0.15, -0.1) is 0 Å². The number of fused-ring (bicyclic) bond motifs is 1. The number of anilines is 2. The highest BCUT2D eigenvalue weighted by Gasteiger charge is 2.28. The van der Waals surface area contributed by atoms with Crippen LogP contribution in [0.15, 0.2) is 36.7 Å². The number of carbonyl (C=O) groups is 1. The maximum atomic E-state index is 14.1. The van der Waals surface area contributed by atoms with E-state index in [1.807, 2.05) is 13.1 Å². The number of benzene rings is 1. The van der Waals surface area contributed by atoms with E-state index in [-0.39, 0.29) is 11.7 Å². The monoisotopic (exact) mass is 409 g/mol. The van der Waals surface area contributed by atoms with Gasteiger partial charge in [-0.25, -0.2) is 4.39 Å². The van der Waals surface area contributed by atoms with E-state index in [2.05, 4.69) is 25.9 Å². The molecular weight excluding hydrogens is 385 g/mol. The minimum atomic E-state index is -0.310. The maximum Gasteiger partial charge on any atom is 0.255 e. The first-order chi connectivity index (χ1) is 14.6. The Labute approximate surface area is 174 Å². The van der Waals surface area contributed by atoms with Crippen LogP contribution in [0.4, 0.5) is 15.8 Å². The lowest BCUT2D eigenvalue weighted by atomic mass is 10.0. The number of halogens is 1. The lowest BCUT2D eigenvalue weighted by molar-refractivity contribution is 0.0947. The number of carbonyl (C=O) groups excluding carboxylic acids is 1. The van der Waals surface area contributed by atoms with Crippen LogP contribution in [0.1, 0.15) is 21.6 Å². The molecule has 0 atom stereocenters. The number of likely N-dealkylation sites (N-methyl/N-ethyl adjacent to an activating group) is 1. The van der Waals surface area contributed by atoms with Crippen LogP contribution in [0.25, 0.3) is 11.3 Å². The third-order valence-electron chi connectivity index (χ3n) is 5.16. The van der Waals surface area contributed by atoms with E-state index in [0.29, 0.717) is 60.1 Å². The van der Waals surface area contributed by atoms with Crippen LogP contribution in [0.5, 0.6) is 5.75 Å². The number of hydrogen-bond donors (Lipinski definition) is 4. The van der Waals surface area contributed by atoms with Crippen molar-refractivity contribution in [3.05, 3.63) is 59.3 Å². The molecule has 4 rings (SSSR count). The van der Waals surface area contributed by atoms with Gasteiger partial charge in [-0.1, -0.05) is 6.07 Å². The summed E-state index contributed by atoms with van der Waals surface area (Å²) in [5.41, 5.74) is 4.54. The second-order valence-electron chi connectivity index (χ2n) is 7.10. The normalized spacial score (nSPS) is 13.0. The minimum absolute atomic E-state index is 0.165. The molecule has 1 aliphatic heterocycles. The Balaban J connectivity index is 1.83. The van der Waals surface area contributed by atoms with Gasteiger partial charge in [-0.3, -0.25) is 9.78 Å². The van der Waals surface area contributed by atoms with Crippen LogP contribution < -0.4 is 20.7 Å². The molecule has 2 aromatic heterocycles. The highest BCUT2D eigenvalue weighted by molar-refractivity contribution is 6.06. The van der Waals surface area contributed by atoms with Gasteiger partial charge in [0.1, 0.15) is 18.2 Å². The number of nitrogens with one attached hydrogen (secondary N) is 4. The van der Waals surface area contributed by atoms with E-state index in [1.54, 1.807) is 31.5 Å². The summed E-state index contributed by atoms with van der Waals surface area (Å²) >= 11 is 0. The standard InChI is InChI=1S/C22H24FN5O2/c1-13-15(23)4-3-5-16(13)27-21-19-17(7-9-26-22(19)29)28-20(21)14-6-8-25-12-18(14)30-11-10-24-2/h3-6,8,12,24,27-28H,7,9-11H2,1-2H3,(H,26,29). The molecule has 0 saturated carbocycles. The molecule has 1 aliphatic rings. The van der Waals surface area contributed by atoms with Crippen LogP contribution in [0.3, 0.4) is 0 Å². The molecule has 3 aromatic rings. The van der Waals surface area contributed by atoms with Crippen molar-refractivity contribution in [3.63, 3.8) is 0 Å². The topological polar surface area (TPSA) is 91.1 Å². The number of rotatable bonds is 7. The predicted octanol–water partition coefficient (Wildman–Crippen LogP) is 3.15. The lowest BCUT2D eigenvalue weighted by Crippen LogP contribution is -2.31. The molecule has 0 unspecified atom stereocenters. The first kappa shape index (κ1) is 19.9. The Morgan fingerprint density at radius 1 is 1.30 bits per heavy atom. The number of hydrogen-bond acceptors (Lipinski definition) is 5. The summed E-state index contributed by atoms with van der Waals surface area (Å²) in [7, 11) is 1.86. The molecule has 0 spiro atoms. The van der Waals surface area contributed by atoms with Crippen LogP contribution in [0.2, 0.25) is 0 Å². The first-order valence-corrected chi connectivity index (χ1v) is 9.87. The Kier molecular flexibility index (Phi) is 5.67. The van der Waals surface area contributed by atoms with Gasteiger partial charge in [0.05, 0.1) is 23.1 Å². The molecule has 4 N–H and O–H groups in total. The number of pyridine rings is 1. The fourth-order valence-electron chi connectivity index (χ4n) is 3.55. The zero-order valence-electron chi connectivity index (χ0n) is 16.9. The molecule has 3 heterocycles. The molecule has 0 radical (unpaired) electrons. The number of aromatic nitrogens is 2. The number of H-pyrrole nitrogens is 1. The van der Waals surface area contributed by atoms with E-state index in [1.165, 1.54) is 6.07 Å². The van der Waals surface area contributed by atoms with Crippen molar-refractivity contribution < 1.29 is 13.9 Å². The fraction of sp³-hybridized carbons (Fsp3) is 0.273. The van der Waals surface area contributed by atoms with Crippen molar-refractivity contribution in [3.8, 4) is 17.0 Å². The van der Waals surface area contributed by atoms with E-state index in [0.717, 1.165) is 11.3 Å². The first-order valence-electron chi connectivity index (χ1n) is 9.87. The molecule has 156 valence electrons. The average Bonchev–Trinajstić information content (AvgIpc) is 3.11. The van der Waals surface area contributed by atoms with Crippen LogP contribution in [-0.4, -0.2) is 42.6 Å². The summed E-state index contributed by atoms with van der Waals surface area (Å²) in [6.45, 7) is 3.43. The maximum absolute atomic E-state index is 14.1. The van der Waals surface area contributed by atoms with Crippen molar-refractivity contribution in [2.75, 3.05) is 32.1 Å². The van der Waals surface area contributed by atoms with Gasteiger partial charge in [0.25, 0.3) is 5.91 Å². The second kappa shape index (κ2) is 8.54. The third-order valence-corrected chi connectivity index (χ3v) is 5.16. The molecular formula is C22H24FN5O2. The number of amides is 1. The summed E-state index contributed by atoms with van der Waals surface area (Å²) in [5.74, 6) is 0.128. The van der Waals surface area contributed by atoms with E-state index in [9.17, 15) is 9.18 Å². The zero-order chi connectivity index (χ0) is 21.1. The van der Waals surface area contributed by atoms with Crippen molar-refractivity contribution >= 4 is 17.3 Å². The Morgan fingerprint density at radius 2 is 2.17 bits per heavy atom. The van der Waals surface area contributed by atoms with Gasteiger partial charge in [-0.05, 0) is 32.2 Å². The van der Waals surface area contributed by atoms with Crippen molar-refractivity contribution in [1.82, 2.24) is 20.6 Å². The van der Waals surface area contributed by atoms with Gasteiger partial charge in [0.15, 0.2) is 0 Å². The fourth-order valence-corrected chi connectivity index (χ4v) is 3.55. The highest BCUT2D eigenvalue weighted by atomic mass is 19.1. The zero-order valence-corrected chi connectivity index (χ0v) is 16.9.